The lowest BCUT2D eigenvalue weighted by molar-refractivity contribution is 0.0699. The van der Waals surface area contributed by atoms with Crippen LogP contribution in [0.15, 0.2) is 50.0 Å². The van der Waals surface area contributed by atoms with E-state index in [1.165, 1.54) is 6.07 Å². The number of fused-ring (bicyclic) bond motifs is 1. The average Bonchev–Trinajstić information content (AvgIpc) is 2.84. The van der Waals surface area contributed by atoms with Crippen molar-refractivity contribution in [2.24, 2.45) is 0 Å². The van der Waals surface area contributed by atoms with E-state index in [2.05, 4.69) is 36.8 Å². The maximum atomic E-state index is 11.4. The summed E-state index contributed by atoms with van der Waals surface area (Å²) in [6.07, 6.45) is 0. The highest BCUT2D eigenvalue weighted by atomic mass is 79.9. The van der Waals surface area contributed by atoms with E-state index in [4.69, 9.17) is 4.42 Å². The van der Waals surface area contributed by atoms with E-state index in [0.29, 0.717) is 27.0 Å². The van der Waals surface area contributed by atoms with Gasteiger partial charge < -0.3 is 9.52 Å². The smallest absolute Gasteiger partial charge is 0.336 e. The molecule has 0 saturated carbocycles. The zero-order chi connectivity index (χ0) is 14.3. The Balaban J connectivity index is 2.31. The summed E-state index contributed by atoms with van der Waals surface area (Å²) in [6, 6.07) is 10.3. The molecule has 0 aliphatic carbocycles. The van der Waals surface area contributed by atoms with Crippen molar-refractivity contribution in [3.05, 3.63) is 51.1 Å². The molecule has 0 amide bonds. The molecule has 0 aliphatic rings. The van der Waals surface area contributed by atoms with Crippen LogP contribution in [0.3, 0.4) is 0 Å². The fraction of sp³-hybridized carbons (Fsp3) is 0. The lowest BCUT2D eigenvalue weighted by Crippen LogP contribution is -2.00. The van der Waals surface area contributed by atoms with Crippen LogP contribution in [0.25, 0.3) is 22.4 Å². The molecule has 3 rings (SSSR count). The first-order valence-corrected chi connectivity index (χ1v) is 7.22. The molecule has 0 radical (unpaired) electrons. The zero-order valence-electron chi connectivity index (χ0n) is 9.93. The molecule has 0 atom stereocenters. The minimum absolute atomic E-state index is 0.193. The first-order chi connectivity index (χ1) is 9.54. The monoisotopic (exact) mass is 395 g/mol. The molecule has 20 heavy (non-hydrogen) atoms. The van der Waals surface area contributed by atoms with Crippen molar-refractivity contribution in [3.8, 4) is 11.5 Å². The van der Waals surface area contributed by atoms with Crippen molar-refractivity contribution in [1.29, 1.82) is 0 Å². The van der Waals surface area contributed by atoms with Crippen LogP contribution in [0.2, 0.25) is 0 Å². The van der Waals surface area contributed by atoms with Gasteiger partial charge in [-0.25, -0.2) is 9.78 Å². The summed E-state index contributed by atoms with van der Waals surface area (Å²) < 4.78 is 6.81. The fourth-order valence-corrected chi connectivity index (χ4v) is 2.62. The third kappa shape index (κ3) is 2.36. The van der Waals surface area contributed by atoms with Crippen LogP contribution in [-0.4, -0.2) is 16.1 Å². The number of hydrogen-bond acceptors (Lipinski definition) is 3. The molecule has 2 heterocycles. The first-order valence-electron chi connectivity index (χ1n) is 5.64. The van der Waals surface area contributed by atoms with Crippen LogP contribution in [-0.2, 0) is 0 Å². The zero-order valence-corrected chi connectivity index (χ0v) is 13.1. The van der Waals surface area contributed by atoms with Crippen molar-refractivity contribution >= 4 is 48.7 Å². The van der Waals surface area contributed by atoms with Crippen LogP contribution in [0.5, 0.6) is 0 Å². The van der Waals surface area contributed by atoms with Gasteiger partial charge in [-0.3, -0.25) is 0 Å². The summed E-state index contributed by atoms with van der Waals surface area (Å²) in [5.41, 5.74) is 1.29. The molecule has 0 bridgehead atoms. The summed E-state index contributed by atoms with van der Waals surface area (Å²) in [6.45, 7) is 0. The Kier molecular flexibility index (Phi) is 3.35. The molecule has 100 valence electrons. The van der Waals surface area contributed by atoms with E-state index >= 15 is 0 Å². The maximum absolute atomic E-state index is 11.4. The van der Waals surface area contributed by atoms with Crippen molar-refractivity contribution in [2.45, 2.75) is 0 Å². The molecule has 6 heteroatoms. The van der Waals surface area contributed by atoms with Gasteiger partial charge in [0, 0.05) is 9.86 Å². The van der Waals surface area contributed by atoms with E-state index in [9.17, 15) is 9.90 Å². The van der Waals surface area contributed by atoms with E-state index in [1.54, 1.807) is 24.3 Å². The SMILES string of the molecule is O=C(O)c1cc(-c2ccc(Br)o2)nc2ccc(Br)cc12. The van der Waals surface area contributed by atoms with Gasteiger partial charge in [0.25, 0.3) is 0 Å². The lowest BCUT2D eigenvalue weighted by atomic mass is 10.1. The Labute approximate surface area is 130 Å². The number of carbonyl (C=O) groups is 1. The Morgan fingerprint density at radius 3 is 2.60 bits per heavy atom. The largest absolute Gasteiger partial charge is 0.478 e. The second-order valence-electron chi connectivity index (χ2n) is 4.13. The molecule has 1 aromatic carbocycles. The Hall–Kier alpha value is -1.66. The van der Waals surface area contributed by atoms with Crippen LogP contribution in [0, 0.1) is 0 Å². The molecule has 0 unspecified atom stereocenters. The summed E-state index contributed by atoms with van der Waals surface area (Å²) in [7, 11) is 0. The van der Waals surface area contributed by atoms with Gasteiger partial charge >= 0.3 is 5.97 Å². The number of benzene rings is 1. The van der Waals surface area contributed by atoms with Gasteiger partial charge in [-0.1, -0.05) is 15.9 Å². The van der Waals surface area contributed by atoms with Gasteiger partial charge in [-0.05, 0) is 52.3 Å². The minimum Gasteiger partial charge on any atom is -0.478 e. The van der Waals surface area contributed by atoms with Crippen molar-refractivity contribution < 1.29 is 14.3 Å². The average molecular weight is 397 g/mol. The molecule has 3 aromatic rings. The molecular formula is C14H7Br2NO3. The summed E-state index contributed by atoms with van der Waals surface area (Å²) in [4.78, 5) is 15.9. The third-order valence-corrected chi connectivity index (χ3v) is 3.75. The summed E-state index contributed by atoms with van der Waals surface area (Å²) in [5, 5.41) is 9.95. The Morgan fingerprint density at radius 1 is 1.15 bits per heavy atom. The predicted molar refractivity (Wildman–Crippen MR) is 81.8 cm³/mol. The number of nitrogens with zero attached hydrogens (tertiary/aromatic N) is 1. The molecule has 0 saturated heterocycles. The number of aromatic nitrogens is 1. The molecular weight excluding hydrogens is 390 g/mol. The molecule has 0 spiro atoms. The van der Waals surface area contributed by atoms with Gasteiger partial charge in [0.2, 0.25) is 0 Å². The fourth-order valence-electron chi connectivity index (χ4n) is 1.95. The van der Waals surface area contributed by atoms with E-state index in [1.807, 2.05) is 6.07 Å². The van der Waals surface area contributed by atoms with Crippen LogP contribution < -0.4 is 0 Å². The summed E-state index contributed by atoms with van der Waals surface area (Å²) in [5.74, 6) is -0.480. The highest BCUT2D eigenvalue weighted by Gasteiger charge is 2.15. The predicted octanol–water partition coefficient (Wildman–Crippen LogP) is 4.72. The first kappa shape index (κ1) is 13.3. The number of rotatable bonds is 2. The van der Waals surface area contributed by atoms with Crippen LogP contribution >= 0.6 is 31.9 Å². The van der Waals surface area contributed by atoms with Crippen LogP contribution in [0.4, 0.5) is 0 Å². The number of pyridine rings is 1. The molecule has 4 nitrogen and oxygen atoms in total. The lowest BCUT2D eigenvalue weighted by Gasteiger charge is -2.05. The van der Waals surface area contributed by atoms with E-state index in [-0.39, 0.29) is 5.56 Å². The van der Waals surface area contributed by atoms with Crippen LogP contribution in [0.1, 0.15) is 10.4 Å². The highest BCUT2D eigenvalue weighted by Crippen LogP contribution is 2.29. The van der Waals surface area contributed by atoms with Crippen molar-refractivity contribution in [3.63, 3.8) is 0 Å². The number of hydrogen-bond donors (Lipinski definition) is 1. The van der Waals surface area contributed by atoms with E-state index in [0.717, 1.165) is 4.47 Å². The number of carboxylic acid groups (broad SMARTS) is 1. The Bertz CT molecular complexity index is 826. The second-order valence-corrected chi connectivity index (χ2v) is 5.82. The van der Waals surface area contributed by atoms with E-state index < -0.39 is 5.97 Å². The summed E-state index contributed by atoms with van der Waals surface area (Å²) >= 11 is 6.56. The van der Waals surface area contributed by atoms with Gasteiger partial charge in [0.05, 0.1) is 11.1 Å². The highest BCUT2D eigenvalue weighted by molar-refractivity contribution is 9.10. The minimum atomic E-state index is -0.998. The van der Waals surface area contributed by atoms with Crippen molar-refractivity contribution in [2.75, 3.05) is 0 Å². The second kappa shape index (κ2) is 5.03. The standard InChI is InChI=1S/C14H7Br2NO3/c15-7-1-2-10-8(5-7)9(14(18)19)6-11(17-10)12-3-4-13(16)20-12/h1-6H,(H,18,19). The third-order valence-electron chi connectivity index (χ3n) is 2.83. The van der Waals surface area contributed by atoms with Gasteiger partial charge in [0.1, 0.15) is 5.69 Å². The quantitative estimate of drug-likeness (QED) is 0.680. The number of aromatic carboxylic acids is 1. The molecule has 0 fully saturated rings. The number of furan rings is 1. The normalized spacial score (nSPS) is 10.9. The number of halogens is 2. The topological polar surface area (TPSA) is 63.3 Å². The molecule has 1 N–H and O–H groups in total. The van der Waals surface area contributed by atoms with Gasteiger partial charge in [-0.15, -0.1) is 0 Å². The maximum Gasteiger partial charge on any atom is 0.336 e. The van der Waals surface area contributed by atoms with Crippen molar-refractivity contribution in [1.82, 2.24) is 4.98 Å². The Morgan fingerprint density at radius 2 is 1.95 bits per heavy atom. The van der Waals surface area contributed by atoms with Gasteiger partial charge in [-0.2, -0.15) is 0 Å². The molecule has 0 aliphatic heterocycles. The van der Waals surface area contributed by atoms with Gasteiger partial charge in [0.15, 0.2) is 10.4 Å². The molecule has 2 aromatic heterocycles. The number of carboxylic acids is 1.